The topological polar surface area (TPSA) is 0 Å². The predicted octanol–water partition coefficient (Wildman–Crippen LogP) is 7.37. The highest BCUT2D eigenvalue weighted by Crippen LogP contribution is 2.27. The lowest BCUT2D eigenvalue weighted by Crippen LogP contribution is -2.01. The first-order valence-corrected chi connectivity index (χ1v) is 9.79. The Balaban J connectivity index is 2.44. The number of benzene rings is 2. The molecule has 0 aliphatic rings. The number of hydrogen-bond donors (Lipinski definition) is 0. The van der Waals surface area contributed by atoms with Crippen LogP contribution in [0.25, 0.3) is 0 Å². The summed E-state index contributed by atoms with van der Waals surface area (Å²) < 4.78 is 0. The molecule has 0 heterocycles. The van der Waals surface area contributed by atoms with Crippen molar-refractivity contribution in [2.45, 2.75) is 85.5 Å². The molecule has 0 aliphatic carbocycles. The SMILES string of the molecule is CC(C)c1[c]c(Cc2[c]c(C(C)C)cc(C(C)C)c2)cc(C(C)C)c1. The molecule has 2 aromatic rings. The third-order valence-electron chi connectivity index (χ3n) is 4.89. The van der Waals surface area contributed by atoms with Gasteiger partial charge in [0.2, 0.25) is 0 Å². The van der Waals surface area contributed by atoms with Gasteiger partial charge in [-0.15, -0.1) is 0 Å². The minimum absolute atomic E-state index is 0.509. The molecule has 0 bridgehead atoms. The van der Waals surface area contributed by atoms with Crippen LogP contribution >= 0.6 is 0 Å². The molecule has 25 heavy (non-hydrogen) atoms. The lowest BCUT2D eigenvalue weighted by Gasteiger charge is -2.16. The van der Waals surface area contributed by atoms with Gasteiger partial charge in [0.15, 0.2) is 0 Å². The largest absolute Gasteiger partial charge is 0.0587 e. The molecule has 0 N–H and O–H groups in total. The van der Waals surface area contributed by atoms with Gasteiger partial charge >= 0.3 is 0 Å². The van der Waals surface area contributed by atoms with Gasteiger partial charge in [-0.25, -0.2) is 0 Å². The Kier molecular flexibility index (Phi) is 6.49. The highest BCUT2D eigenvalue weighted by atomic mass is 14.2. The summed E-state index contributed by atoms with van der Waals surface area (Å²) >= 11 is 0. The maximum atomic E-state index is 3.66. The first kappa shape index (κ1) is 19.8. The molecular formula is C25H34. The van der Waals surface area contributed by atoms with Crippen molar-refractivity contribution >= 4 is 0 Å². The lowest BCUT2D eigenvalue weighted by molar-refractivity contribution is 0.821. The van der Waals surface area contributed by atoms with Crippen LogP contribution in [0.5, 0.6) is 0 Å². The summed E-state index contributed by atoms with van der Waals surface area (Å²) in [7, 11) is 0. The Morgan fingerprint density at radius 2 is 0.920 bits per heavy atom. The summed E-state index contributed by atoms with van der Waals surface area (Å²) in [5, 5.41) is 0. The van der Waals surface area contributed by atoms with Gasteiger partial charge in [0.05, 0.1) is 0 Å². The minimum Gasteiger partial charge on any atom is -0.0587 e. The zero-order valence-electron chi connectivity index (χ0n) is 17.3. The monoisotopic (exact) mass is 334 g/mol. The average Bonchev–Trinajstić information content (AvgIpc) is 2.53. The molecule has 2 rings (SSSR count). The van der Waals surface area contributed by atoms with Crippen molar-refractivity contribution in [1.29, 1.82) is 0 Å². The highest BCUT2D eigenvalue weighted by molar-refractivity contribution is 5.38. The van der Waals surface area contributed by atoms with Crippen LogP contribution in [0.3, 0.4) is 0 Å². The summed E-state index contributed by atoms with van der Waals surface area (Å²) in [6, 6.07) is 16.7. The first-order valence-electron chi connectivity index (χ1n) is 9.79. The van der Waals surface area contributed by atoms with Crippen molar-refractivity contribution < 1.29 is 0 Å². The fourth-order valence-electron chi connectivity index (χ4n) is 3.04. The van der Waals surface area contributed by atoms with E-state index in [9.17, 15) is 0 Å². The van der Waals surface area contributed by atoms with Crippen LogP contribution in [0.4, 0.5) is 0 Å². The van der Waals surface area contributed by atoms with Crippen LogP contribution in [0.15, 0.2) is 24.3 Å². The lowest BCUT2D eigenvalue weighted by atomic mass is 9.88. The van der Waals surface area contributed by atoms with Gasteiger partial charge in [0, 0.05) is 0 Å². The Morgan fingerprint density at radius 1 is 0.560 bits per heavy atom. The second kappa shape index (κ2) is 8.21. The fourth-order valence-corrected chi connectivity index (χ4v) is 3.04. The third-order valence-corrected chi connectivity index (χ3v) is 4.89. The smallest absolute Gasteiger partial charge is 0.00130 e. The molecule has 0 amide bonds. The molecule has 0 nitrogen and oxygen atoms in total. The van der Waals surface area contributed by atoms with Crippen molar-refractivity contribution in [3.8, 4) is 0 Å². The van der Waals surface area contributed by atoms with E-state index < -0.39 is 0 Å². The Labute approximate surface area is 155 Å². The van der Waals surface area contributed by atoms with E-state index in [1.807, 2.05) is 0 Å². The van der Waals surface area contributed by atoms with Crippen LogP contribution in [0.1, 0.15) is 112 Å². The summed E-state index contributed by atoms with van der Waals surface area (Å²) in [5.41, 5.74) is 8.07. The van der Waals surface area contributed by atoms with E-state index in [4.69, 9.17) is 0 Å². The second-order valence-electron chi connectivity index (χ2n) is 8.58. The zero-order chi connectivity index (χ0) is 18.7. The molecule has 0 fully saturated rings. The summed E-state index contributed by atoms with van der Waals surface area (Å²) in [6.45, 7) is 18.1. The summed E-state index contributed by atoms with van der Waals surface area (Å²) in [6.07, 6.45) is 0.917. The quantitative estimate of drug-likeness (QED) is 0.517. The molecular weight excluding hydrogens is 300 g/mol. The van der Waals surface area contributed by atoms with E-state index in [0.29, 0.717) is 23.7 Å². The molecule has 134 valence electrons. The second-order valence-corrected chi connectivity index (χ2v) is 8.58. The minimum atomic E-state index is 0.509. The van der Waals surface area contributed by atoms with Gasteiger partial charge in [-0.1, -0.05) is 79.7 Å². The molecule has 0 aliphatic heterocycles. The number of rotatable bonds is 6. The summed E-state index contributed by atoms with van der Waals surface area (Å²) in [4.78, 5) is 0. The maximum Gasteiger partial charge on any atom is -0.00130 e. The normalized spacial score (nSPS) is 12.0. The van der Waals surface area contributed by atoms with Crippen molar-refractivity contribution in [2.75, 3.05) is 0 Å². The fraction of sp³-hybridized carbons (Fsp3) is 0.520. The molecule has 0 saturated heterocycles. The van der Waals surface area contributed by atoms with E-state index in [0.717, 1.165) is 6.42 Å². The van der Waals surface area contributed by atoms with E-state index in [1.165, 1.54) is 33.4 Å². The molecule has 2 aromatic carbocycles. The van der Waals surface area contributed by atoms with Gasteiger partial charge in [0.25, 0.3) is 0 Å². The van der Waals surface area contributed by atoms with E-state index >= 15 is 0 Å². The number of hydrogen-bond acceptors (Lipinski definition) is 0. The highest BCUT2D eigenvalue weighted by Gasteiger charge is 2.11. The van der Waals surface area contributed by atoms with E-state index in [1.54, 1.807) is 0 Å². The standard InChI is InChI=1S/C25H34/c1-16(2)22-10-20(11-23(14-22)17(3)4)9-21-12-24(18(5)6)15-25(13-21)19(7)8/h10,12,14-19H,9H2,1-8H3. The molecule has 2 radical (unpaired) electrons. The van der Waals surface area contributed by atoms with Gasteiger partial charge in [-0.3, -0.25) is 0 Å². The van der Waals surface area contributed by atoms with Crippen LogP contribution in [0, 0.1) is 12.1 Å². The molecule has 0 spiro atoms. The van der Waals surface area contributed by atoms with Crippen molar-refractivity contribution in [2.24, 2.45) is 0 Å². The van der Waals surface area contributed by atoms with Crippen molar-refractivity contribution in [1.82, 2.24) is 0 Å². The molecule has 0 unspecified atom stereocenters. The molecule has 0 aromatic heterocycles. The van der Waals surface area contributed by atoms with Crippen LogP contribution < -0.4 is 0 Å². The van der Waals surface area contributed by atoms with Crippen molar-refractivity contribution in [3.63, 3.8) is 0 Å². The van der Waals surface area contributed by atoms with Gasteiger partial charge in [-0.2, -0.15) is 0 Å². The van der Waals surface area contributed by atoms with Gasteiger partial charge in [0.1, 0.15) is 0 Å². The first-order chi connectivity index (χ1) is 11.7. The zero-order valence-corrected chi connectivity index (χ0v) is 17.3. The Hall–Kier alpha value is -1.56. The maximum absolute atomic E-state index is 3.66. The third kappa shape index (κ3) is 5.21. The van der Waals surface area contributed by atoms with E-state index in [-0.39, 0.29) is 0 Å². The molecule has 0 saturated carbocycles. The predicted molar refractivity (Wildman–Crippen MR) is 110 cm³/mol. The van der Waals surface area contributed by atoms with Crippen LogP contribution in [-0.2, 0) is 6.42 Å². The van der Waals surface area contributed by atoms with Crippen LogP contribution in [-0.4, -0.2) is 0 Å². The van der Waals surface area contributed by atoms with Gasteiger partial charge in [-0.05, 0) is 75.6 Å². The Bertz CT molecular complexity index is 588. The molecule has 0 heteroatoms. The van der Waals surface area contributed by atoms with Crippen molar-refractivity contribution in [3.05, 3.63) is 69.8 Å². The molecule has 0 atom stereocenters. The summed E-state index contributed by atoms with van der Waals surface area (Å²) in [5.74, 6) is 2.11. The van der Waals surface area contributed by atoms with Gasteiger partial charge < -0.3 is 0 Å². The average molecular weight is 335 g/mol. The van der Waals surface area contributed by atoms with E-state index in [2.05, 4.69) is 91.8 Å². The van der Waals surface area contributed by atoms with Crippen LogP contribution in [0.2, 0.25) is 0 Å². The Morgan fingerprint density at radius 3 is 1.20 bits per heavy atom.